The molecule has 1 fully saturated rings. The standard InChI is InChI=1S/C20H21N3O5/c1-20(14-6-9-15(26-2)10-7-14)18(24)23(19(25)22-20)21-12-13-5-8-16(27-3)11-17(13)28-4/h5-12H,1-4H3,(H,22,25)/b21-12+. The van der Waals surface area contributed by atoms with Gasteiger partial charge in [-0.2, -0.15) is 5.10 Å². The van der Waals surface area contributed by atoms with Crippen molar-refractivity contribution in [1.29, 1.82) is 0 Å². The van der Waals surface area contributed by atoms with Gasteiger partial charge in [-0.3, -0.25) is 4.79 Å². The third-order valence-corrected chi connectivity index (χ3v) is 4.59. The van der Waals surface area contributed by atoms with Crippen molar-refractivity contribution in [2.24, 2.45) is 5.10 Å². The molecule has 0 aliphatic carbocycles. The Kier molecular flexibility index (Phi) is 5.21. The second kappa shape index (κ2) is 7.59. The Balaban J connectivity index is 1.86. The van der Waals surface area contributed by atoms with E-state index in [1.165, 1.54) is 13.3 Å². The lowest BCUT2D eigenvalue weighted by molar-refractivity contribution is -0.131. The van der Waals surface area contributed by atoms with Gasteiger partial charge in [0.25, 0.3) is 5.91 Å². The van der Waals surface area contributed by atoms with E-state index < -0.39 is 17.5 Å². The Morgan fingerprint density at radius 2 is 1.61 bits per heavy atom. The van der Waals surface area contributed by atoms with Gasteiger partial charge < -0.3 is 19.5 Å². The monoisotopic (exact) mass is 383 g/mol. The van der Waals surface area contributed by atoms with Gasteiger partial charge in [-0.1, -0.05) is 12.1 Å². The van der Waals surface area contributed by atoms with Crippen molar-refractivity contribution in [1.82, 2.24) is 10.3 Å². The number of benzene rings is 2. The normalized spacial score (nSPS) is 19.1. The fraction of sp³-hybridized carbons (Fsp3) is 0.250. The number of nitrogens with one attached hydrogen (secondary N) is 1. The van der Waals surface area contributed by atoms with E-state index in [-0.39, 0.29) is 0 Å². The van der Waals surface area contributed by atoms with Gasteiger partial charge in [0.15, 0.2) is 0 Å². The van der Waals surface area contributed by atoms with Gasteiger partial charge in [-0.15, -0.1) is 5.01 Å². The molecular weight excluding hydrogens is 362 g/mol. The number of hydrazone groups is 1. The predicted octanol–water partition coefficient (Wildman–Crippen LogP) is 2.51. The fourth-order valence-corrected chi connectivity index (χ4v) is 2.89. The molecule has 3 amide bonds. The van der Waals surface area contributed by atoms with E-state index in [1.54, 1.807) is 63.6 Å². The molecule has 8 nitrogen and oxygen atoms in total. The van der Waals surface area contributed by atoms with E-state index in [1.807, 2.05) is 0 Å². The number of urea groups is 1. The highest BCUT2D eigenvalue weighted by Crippen LogP contribution is 2.30. The summed E-state index contributed by atoms with van der Waals surface area (Å²) in [6.45, 7) is 1.64. The SMILES string of the molecule is COc1ccc(C2(C)NC(=O)N(/N=C/c3ccc(OC)cc3OC)C2=O)cc1. The molecule has 2 aromatic rings. The Morgan fingerprint density at radius 3 is 2.21 bits per heavy atom. The second-order valence-electron chi connectivity index (χ2n) is 6.25. The summed E-state index contributed by atoms with van der Waals surface area (Å²) in [6, 6.07) is 11.5. The van der Waals surface area contributed by atoms with Crippen LogP contribution in [0, 0.1) is 0 Å². The average molecular weight is 383 g/mol. The molecule has 1 aliphatic heterocycles. The summed E-state index contributed by atoms with van der Waals surface area (Å²) in [6.07, 6.45) is 1.40. The van der Waals surface area contributed by atoms with Crippen LogP contribution in [0.3, 0.4) is 0 Å². The number of ether oxygens (including phenoxy) is 3. The zero-order valence-electron chi connectivity index (χ0n) is 16.1. The van der Waals surface area contributed by atoms with Crippen LogP contribution in [0.25, 0.3) is 0 Å². The van der Waals surface area contributed by atoms with Gasteiger partial charge in [0.2, 0.25) is 0 Å². The molecule has 1 N–H and O–H groups in total. The van der Waals surface area contributed by atoms with Crippen LogP contribution in [0.15, 0.2) is 47.6 Å². The van der Waals surface area contributed by atoms with Crippen LogP contribution in [-0.2, 0) is 10.3 Å². The minimum absolute atomic E-state index is 0.480. The molecular formula is C20H21N3O5. The quantitative estimate of drug-likeness (QED) is 0.612. The van der Waals surface area contributed by atoms with Crippen molar-refractivity contribution in [2.75, 3.05) is 21.3 Å². The molecule has 1 saturated heterocycles. The number of carbonyl (C=O) groups is 2. The molecule has 0 aromatic heterocycles. The lowest BCUT2D eigenvalue weighted by atomic mass is 9.92. The molecule has 8 heteroatoms. The number of carbonyl (C=O) groups excluding carboxylic acids is 2. The Morgan fingerprint density at radius 1 is 0.964 bits per heavy atom. The van der Waals surface area contributed by atoms with E-state index in [4.69, 9.17) is 14.2 Å². The number of methoxy groups -OCH3 is 3. The Bertz CT molecular complexity index is 926. The molecule has 1 heterocycles. The van der Waals surface area contributed by atoms with E-state index in [0.717, 1.165) is 5.01 Å². The summed E-state index contributed by atoms with van der Waals surface area (Å²) in [5, 5.41) is 7.59. The molecule has 1 unspecified atom stereocenters. The Hall–Kier alpha value is -3.55. The van der Waals surface area contributed by atoms with Gasteiger partial charge in [-0.05, 0) is 36.8 Å². The number of imide groups is 1. The fourth-order valence-electron chi connectivity index (χ4n) is 2.89. The van der Waals surface area contributed by atoms with E-state index in [9.17, 15) is 9.59 Å². The number of rotatable bonds is 6. The first-order valence-corrected chi connectivity index (χ1v) is 8.50. The summed E-state index contributed by atoms with van der Waals surface area (Å²) in [7, 11) is 4.62. The zero-order valence-corrected chi connectivity index (χ0v) is 16.1. The van der Waals surface area contributed by atoms with Crippen LogP contribution in [0.4, 0.5) is 4.79 Å². The third kappa shape index (κ3) is 3.36. The van der Waals surface area contributed by atoms with Gasteiger partial charge in [0, 0.05) is 11.6 Å². The molecule has 3 rings (SSSR count). The van der Waals surface area contributed by atoms with Crippen LogP contribution < -0.4 is 19.5 Å². The number of amides is 3. The van der Waals surface area contributed by atoms with E-state index >= 15 is 0 Å². The first kappa shape index (κ1) is 19.2. The lowest BCUT2D eigenvalue weighted by Gasteiger charge is -2.21. The Labute approximate surface area is 162 Å². The van der Waals surface area contributed by atoms with Crippen molar-refractivity contribution in [2.45, 2.75) is 12.5 Å². The molecule has 0 saturated carbocycles. The molecule has 2 aromatic carbocycles. The first-order chi connectivity index (χ1) is 13.4. The zero-order chi connectivity index (χ0) is 20.3. The molecule has 1 aliphatic rings. The highest BCUT2D eigenvalue weighted by atomic mass is 16.5. The number of hydrogen-bond donors (Lipinski definition) is 1. The van der Waals surface area contributed by atoms with Crippen LogP contribution in [0.5, 0.6) is 17.2 Å². The van der Waals surface area contributed by atoms with Crippen LogP contribution in [-0.4, -0.2) is 44.5 Å². The van der Waals surface area contributed by atoms with Crippen molar-refractivity contribution in [3.63, 3.8) is 0 Å². The maximum absolute atomic E-state index is 12.9. The number of nitrogens with zero attached hydrogens (tertiary/aromatic N) is 2. The summed E-state index contributed by atoms with van der Waals surface area (Å²) < 4.78 is 15.6. The molecule has 146 valence electrons. The molecule has 0 bridgehead atoms. The molecule has 0 radical (unpaired) electrons. The summed E-state index contributed by atoms with van der Waals surface area (Å²) in [5.41, 5.74) is 0.0124. The van der Waals surface area contributed by atoms with E-state index in [0.29, 0.717) is 28.4 Å². The lowest BCUT2D eigenvalue weighted by Crippen LogP contribution is -2.40. The van der Waals surface area contributed by atoms with Gasteiger partial charge in [-0.25, -0.2) is 4.79 Å². The minimum Gasteiger partial charge on any atom is -0.497 e. The van der Waals surface area contributed by atoms with Gasteiger partial charge in [0.1, 0.15) is 22.8 Å². The summed E-state index contributed by atoms with van der Waals surface area (Å²) in [5.74, 6) is 1.31. The second-order valence-corrected chi connectivity index (χ2v) is 6.25. The minimum atomic E-state index is -1.22. The topological polar surface area (TPSA) is 89.5 Å². The highest BCUT2D eigenvalue weighted by molar-refractivity contribution is 6.07. The third-order valence-electron chi connectivity index (χ3n) is 4.59. The smallest absolute Gasteiger partial charge is 0.346 e. The van der Waals surface area contributed by atoms with Crippen LogP contribution in [0.2, 0.25) is 0 Å². The molecule has 0 spiro atoms. The van der Waals surface area contributed by atoms with Crippen LogP contribution in [0.1, 0.15) is 18.1 Å². The van der Waals surface area contributed by atoms with E-state index in [2.05, 4.69) is 10.4 Å². The predicted molar refractivity (Wildman–Crippen MR) is 103 cm³/mol. The number of hydrogen-bond acceptors (Lipinski definition) is 6. The van der Waals surface area contributed by atoms with Crippen molar-refractivity contribution < 1.29 is 23.8 Å². The summed E-state index contributed by atoms with van der Waals surface area (Å²) >= 11 is 0. The van der Waals surface area contributed by atoms with Crippen molar-refractivity contribution in [3.05, 3.63) is 53.6 Å². The first-order valence-electron chi connectivity index (χ1n) is 8.50. The summed E-state index contributed by atoms with van der Waals surface area (Å²) in [4.78, 5) is 25.3. The maximum Gasteiger partial charge on any atom is 0.346 e. The maximum atomic E-state index is 12.9. The highest BCUT2D eigenvalue weighted by Gasteiger charge is 2.49. The average Bonchev–Trinajstić information content (AvgIpc) is 2.95. The van der Waals surface area contributed by atoms with Crippen molar-refractivity contribution in [3.8, 4) is 17.2 Å². The largest absolute Gasteiger partial charge is 0.497 e. The van der Waals surface area contributed by atoms with Gasteiger partial charge >= 0.3 is 6.03 Å². The van der Waals surface area contributed by atoms with Gasteiger partial charge in [0.05, 0.1) is 27.5 Å². The van der Waals surface area contributed by atoms with Crippen molar-refractivity contribution >= 4 is 18.2 Å². The molecule has 28 heavy (non-hydrogen) atoms. The van der Waals surface area contributed by atoms with Crippen LogP contribution >= 0.6 is 0 Å². The molecule has 1 atom stereocenters.